The average molecular weight is 402 g/mol. The second-order valence-corrected chi connectivity index (χ2v) is 9.29. The van der Waals surface area contributed by atoms with Crippen molar-refractivity contribution in [2.24, 2.45) is 11.8 Å². The Morgan fingerprint density at radius 2 is 1.71 bits per heavy atom. The van der Waals surface area contributed by atoms with Crippen LogP contribution in [-0.4, -0.2) is 58.7 Å². The maximum absolute atomic E-state index is 14.0. The minimum absolute atomic E-state index is 0.195. The van der Waals surface area contributed by atoms with Gasteiger partial charge in [0.05, 0.1) is 0 Å². The van der Waals surface area contributed by atoms with Gasteiger partial charge in [0.25, 0.3) is 0 Å². The third-order valence-corrected chi connectivity index (χ3v) is 7.50. The van der Waals surface area contributed by atoms with Crippen LogP contribution in [0.1, 0.15) is 5.82 Å². The third kappa shape index (κ3) is 2.67. The Bertz CT molecular complexity index is 1150. The molecule has 146 valence electrons. The molecule has 0 radical (unpaired) electrons. The summed E-state index contributed by atoms with van der Waals surface area (Å²) in [6, 6.07) is 9.34. The van der Waals surface area contributed by atoms with Crippen molar-refractivity contribution in [2.45, 2.75) is 11.8 Å². The second-order valence-electron chi connectivity index (χ2n) is 7.39. The highest BCUT2D eigenvalue weighted by molar-refractivity contribution is 7.89. The van der Waals surface area contributed by atoms with Crippen LogP contribution in [0.3, 0.4) is 0 Å². The molecule has 10 heteroatoms. The fraction of sp³-hybridized carbons (Fsp3) is 0.389. The molecule has 2 aliphatic heterocycles. The Morgan fingerprint density at radius 3 is 2.43 bits per heavy atom. The molecule has 0 bridgehead atoms. The number of aromatic nitrogens is 4. The van der Waals surface area contributed by atoms with Gasteiger partial charge in [-0.1, -0.05) is 12.1 Å². The smallest absolute Gasteiger partial charge is 0.246 e. The number of benzene rings is 1. The minimum Gasteiger partial charge on any atom is -0.355 e. The van der Waals surface area contributed by atoms with Crippen LogP contribution in [0.2, 0.25) is 0 Å². The highest BCUT2D eigenvalue weighted by Gasteiger charge is 2.45. The van der Waals surface area contributed by atoms with E-state index < -0.39 is 15.8 Å². The summed E-state index contributed by atoms with van der Waals surface area (Å²) in [5, 5.41) is 12.7. The lowest BCUT2D eigenvalue weighted by molar-refractivity contribution is 0.447. The van der Waals surface area contributed by atoms with Crippen molar-refractivity contribution in [3.05, 3.63) is 48.0 Å². The molecule has 2 saturated heterocycles. The molecule has 0 aliphatic carbocycles. The molecule has 2 atom stereocenters. The Kier molecular flexibility index (Phi) is 3.88. The summed E-state index contributed by atoms with van der Waals surface area (Å²) >= 11 is 0. The normalized spacial score (nSPS) is 22.9. The molecule has 2 fully saturated rings. The van der Waals surface area contributed by atoms with Crippen LogP contribution in [0.15, 0.2) is 41.3 Å². The van der Waals surface area contributed by atoms with E-state index in [1.807, 2.05) is 19.1 Å². The molecule has 0 N–H and O–H groups in total. The first-order valence-electron chi connectivity index (χ1n) is 9.12. The number of halogens is 1. The highest BCUT2D eigenvalue weighted by atomic mass is 32.2. The summed E-state index contributed by atoms with van der Waals surface area (Å²) in [4.78, 5) is 1.92. The van der Waals surface area contributed by atoms with E-state index in [0.717, 1.165) is 11.6 Å². The molecule has 1 aromatic carbocycles. The monoisotopic (exact) mass is 402 g/mol. The Balaban J connectivity index is 1.35. The van der Waals surface area contributed by atoms with Gasteiger partial charge in [0, 0.05) is 26.2 Å². The van der Waals surface area contributed by atoms with Gasteiger partial charge in [-0.15, -0.1) is 15.3 Å². The van der Waals surface area contributed by atoms with Gasteiger partial charge < -0.3 is 4.90 Å². The fourth-order valence-electron chi connectivity index (χ4n) is 4.18. The predicted molar refractivity (Wildman–Crippen MR) is 99.9 cm³/mol. The zero-order valence-corrected chi connectivity index (χ0v) is 16.0. The summed E-state index contributed by atoms with van der Waals surface area (Å²) < 4.78 is 42.8. The van der Waals surface area contributed by atoms with E-state index in [-0.39, 0.29) is 16.7 Å². The summed E-state index contributed by atoms with van der Waals surface area (Å²) in [6.45, 7) is 4.07. The van der Waals surface area contributed by atoms with Crippen LogP contribution >= 0.6 is 0 Å². The number of hydrogen-bond acceptors (Lipinski definition) is 6. The number of nitrogens with zero attached hydrogens (tertiary/aromatic N) is 6. The number of anilines is 1. The lowest BCUT2D eigenvalue weighted by atomic mass is 10.0. The molecule has 8 nitrogen and oxygen atoms in total. The van der Waals surface area contributed by atoms with Crippen LogP contribution in [0.25, 0.3) is 5.65 Å². The van der Waals surface area contributed by atoms with E-state index in [0.29, 0.717) is 31.8 Å². The van der Waals surface area contributed by atoms with E-state index in [9.17, 15) is 12.8 Å². The molecular weight excluding hydrogens is 383 g/mol. The third-order valence-electron chi connectivity index (χ3n) is 5.64. The van der Waals surface area contributed by atoms with Crippen LogP contribution in [0, 0.1) is 24.6 Å². The maximum atomic E-state index is 14.0. The highest BCUT2D eigenvalue weighted by Crippen LogP contribution is 2.36. The summed E-state index contributed by atoms with van der Waals surface area (Å²) in [6.07, 6.45) is 0. The number of fused-ring (bicyclic) bond motifs is 2. The average Bonchev–Trinajstić information content (AvgIpc) is 3.35. The molecule has 0 saturated carbocycles. The van der Waals surface area contributed by atoms with Gasteiger partial charge in [-0.3, -0.25) is 0 Å². The van der Waals surface area contributed by atoms with E-state index >= 15 is 0 Å². The summed E-state index contributed by atoms with van der Waals surface area (Å²) in [7, 11) is -3.82. The number of rotatable bonds is 3. The Hall–Kier alpha value is -2.59. The van der Waals surface area contributed by atoms with Crippen molar-refractivity contribution >= 4 is 21.5 Å². The van der Waals surface area contributed by atoms with Crippen molar-refractivity contribution < 1.29 is 12.8 Å². The quantitative estimate of drug-likeness (QED) is 0.657. The van der Waals surface area contributed by atoms with Crippen molar-refractivity contribution in [1.29, 1.82) is 0 Å². The molecule has 2 aromatic heterocycles. The van der Waals surface area contributed by atoms with E-state index in [1.165, 1.54) is 22.5 Å². The van der Waals surface area contributed by atoms with Gasteiger partial charge in [0.15, 0.2) is 11.5 Å². The van der Waals surface area contributed by atoms with Gasteiger partial charge in [-0.05, 0) is 43.0 Å². The van der Waals surface area contributed by atoms with Crippen LogP contribution in [0.4, 0.5) is 10.2 Å². The van der Waals surface area contributed by atoms with Crippen LogP contribution < -0.4 is 4.90 Å². The summed E-state index contributed by atoms with van der Waals surface area (Å²) in [5.41, 5.74) is 0.697. The zero-order chi connectivity index (χ0) is 19.5. The topological polar surface area (TPSA) is 83.7 Å². The van der Waals surface area contributed by atoms with Gasteiger partial charge in [-0.2, -0.15) is 8.82 Å². The van der Waals surface area contributed by atoms with Crippen LogP contribution in [0.5, 0.6) is 0 Å². The Labute approximate surface area is 161 Å². The maximum Gasteiger partial charge on any atom is 0.246 e. The molecule has 2 aliphatic rings. The van der Waals surface area contributed by atoms with Gasteiger partial charge in [0.2, 0.25) is 10.0 Å². The first-order valence-corrected chi connectivity index (χ1v) is 10.6. The Morgan fingerprint density at radius 1 is 1.00 bits per heavy atom. The molecule has 28 heavy (non-hydrogen) atoms. The van der Waals surface area contributed by atoms with Gasteiger partial charge in [-0.25, -0.2) is 12.8 Å². The minimum atomic E-state index is -3.82. The molecule has 0 spiro atoms. The standard InChI is InChI=1S/C18H19FN6O2S/c1-12-20-21-17-6-7-18(22-25(12)17)23-8-13-10-24(11-14(13)9-23)28(26,27)16-5-3-2-4-15(16)19/h2-7,13-14H,8-11H2,1H3. The van der Waals surface area contributed by atoms with E-state index in [4.69, 9.17) is 0 Å². The molecule has 0 amide bonds. The first-order chi connectivity index (χ1) is 13.4. The lowest BCUT2D eigenvalue weighted by Gasteiger charge is -2.22. The zero-order valence-electron chi connectivity index (χ0n) is 15.2. The number of sulfonamides is 1. The van der Waals surface area contributed by atoms with Gasteiger partial charge >= 0.3 is 0 Å². The van der Waals surface area contributed by atoms with Crippen molar-refractivity contribution in [2.75, 3.05) is 31.1 Å². The van der Waals surface area contributed by atoms with Crippen molar-refractivity contribution in [1.82, 2.24) is 24.1 Å². The largest absolute Gasteiger partial charge is 0.355 e. The predicted octanol–water partition coefficient (Wildman–Crippen LogP) is 1.33. The number of hydrogen-bond donors (Lipinski definition) is 0. The van der Waals surface area contributed by atoms with Crippen molar-refractivity contribution in [3.8, 4) is 0 Å². The van der Waals surface area contributed by atoms with Crippen molar-refractivity contribution in [3.63, 3.8) is 0 Å². The second kappa shape index (κ2) is 6.21. The van der Waals surface area contributed by atoms with Gasteiger partial charge in [0.1, 0.15) is 16.5 Å². The molecule has 2 unspecified atom stereocenters. The molecule has 3 aromatic rings. The lowest BCUT2D eigenvalue weighted by Crippen LogP contribution is -2.34. The molecular formula is C18H19FN6O2S. The van der Waals surface area contributed by atoms with Crippen LogP contribution in [-0.2, 0) is 10.0 Å². The molecule has 4 heterocycles. The summed E-state index contributed by atoms with van der Waals surface area (Å²) in [5.74, 6) is 1.23. The number of aryl methyl sites for hydroxylation is 1. The first kappa shape index (κ1) is 17.5. The SMILES string of the molecule is Cc1nnc2ccc(N3CC4CN(S(=O)(=O)c5ccccc5F)CC4C3)nn12. The fourth-order valence-corrected chi connectivity index (χ4v) is 5.80. The van der Waals surface area contributed by atoms with E-state index in [2.05, 4.69) is 20.2 Å². The van der Waals surface area contributed by atoms with E-state index in [1.54, 1.807) is 10.6 Å². The molecule has 5 rings (SSSR count).